The maximum Gasteiger partial charge on any atom is 0.271 e. The average molecular weight is 379 g/mol. The Morgan fingerprint density at radius 2 is 1.96 bits per heavy atom. The van der Waals surface area contributed by atoms with Gasteiger partial charge in [-0.15, -0.1) is 0 Å². The van der Waals surface area contributed by atoms with E-state index in [1.807, 2.05) is 6.92 Å². The summed E-state index contributed by atoms with van der Waals surface area (Å²) in [5, 5.41) is 14.1. The molecule has 0 radical (unpaired) electrons. The van der Waals surface area contributed by atoms with Crippen LogP contribution in [0.1, 0.15) is 18.4 Å². The lowest BCUT2D eigenvalue weighted by Crippen LogP contribution is -2.13. The van der Waals surface area contributed by atoms with Gasteiger partial charge in [-0.05, 0) is 43.2 Å². The summed E-state index contributed by atoms with van der Waals surface area (Å²) in [5.74, 6) is 0.798. The lowest BCUT2D eigenvalue weighted by atomic mass is 10.2. The highest BCUT2D eigenvalue weighted by molar-refractivity contribution is 6.30. The van der Waals surface area contributed by atoms with Crippen molar-refractivity contribution in [2.24, 2.45) is 0 Å². The van der Waals surface area contributed by atoms with Crippen LogP contribution in [0.2, 0.25) is 5.02 Å². The average Bonchev–Trinajstić information content (AvgIpc) is 2.60. The molecule has 0 atom stereocenters. The second kappa shape index (κ2) is 9.05. The van der Waals surface area contributed by atoms with Crippen molar-refractivity contribution < 1.29 is 19.2 Å². The quantitative estimate of drug-likeness (QED) is 0.418. The number of carbonyl (C=O) groups is 1. The van der Waals surface area contributed by atoms with Gasteiger partial charge in [0.05, 0.1) is 24.3 Å². The van der Waals surface area contributed by atoms with Crippen molar-refractivity contribution in [2.45, 2.75) is 19.8 Å². The van der Waals surface area contributed by atoms with Crippen LogP contribution in [0.4, 0.5) is 11.4 Å². The molecule has 0 fully saturated rings. The number of rotatable bonds is 8. The Bertz CT molecular complexity index is 810. The number of ether oxygens (including phenoxy) is 2. The fourth-order valence-corrected chi connectivity index (χ4v) is 2.54. The molecule has 0 aliphatic heterocycles. The Morgan fingerprint density at radius 3 is 2.62 bits per heavy atom. The van der Waals surface area contributed by atoms with E-state index >= 15 is 0 Å². The predicted molar refractivity (Wildman–Crippen MR) is 99.2 cm³/mol. The third kappa shape index (κ3) is 5.35. The van der Waals surface area contributed by atoms with Crippen molar-refractivity contribution in [3.8, 4) is 11.5 Å². The molecule has 2 aromatic rings. The first-order chi connectivity index (χ1) is 12.4. The number of nitrogens with one attached hydrogen (secondary N) is 1. The molecule has 0 saturated carbocycles. The summed E-state index contributed by atoms with van der Waals surface area (Å²) in [4.78, 5) is 22.4. The van der Waals surface area contributed by atoms with E-state index in [0.29, 0.717) is 23.8 Å². The van der Waals surface area contributed by atoms with E-state index in [0.717, 1.165) is 11.3 Å². The number of amides is 1. The Morgan fingerprint density at radius 1 is 1.23 bits per heavy atom. The van der Waals surface area contributed by atoms with E-state index in [-0.39, 0.29) is 23.7 Å². The largest absolute Gasteiger partial charge is 0.495 e. The van der Waals surface area contributed by atoms with Gasteiger partial charge in [-0.1, -0.05) is 11.6 Å². The van der Waals surface area contributed by atoms with Crippen LogP contribution < -0.4 is 14.8 Å². The van der Waals surface area contributed by atoms with Gasteiger partial charge >= 0.3 is 0 Å². The molecular formula is C18H19ClN2O5. The molecule has 138 valence electrons. The van der Waals surface area contributed by atoms with Crippen LogP contribution in [0.5, 0.6) is 11.5 Å². The highest BCUT2D eigenvalue weighted by Gasteiger charge is 2.13. The molecule has 2 rings (SSSR count). The first-order valence-electron chi connectivity index (χ1n) is 7.92. The number of nitro benzene ring substituents is 1. The smallest absolute Gasteiger partial charge is 0.271 e. The van der Waals surface area contributed by atoms with E-state index in [1.165, 1.54) is 25.3 Å². The number of carbonyl (C=O) groups excluding carboxylic acids is 1. The van der Waals surface area contributed by atoms with E-state index in [2.05, 4.69) is 5.32 Å². The summed E-state index contributed by atoms with van der Waals surface area (Å²) in [6, 6.07) is 9.36. The first kappa shape index (κ1) is 19.5. The van der Waals surface area contributed by atoms with Crippen LogP contribution in [-0.2, 0) is 4.79 Å². The summed E-state index contributed by atoms with van der Waals surface area (Å²) < 4.78 is 10.7. The Labute approximate surface area is 156 Å². The molecule has 26 heavy (non-hydrogen) atoms. The first-order valence-corrected chi connectivity index (χ1v) is 8.29. The number of benzene rings is 2. The Balaban J connectivity index is 1.87. The zero-order chi connectivity index (χ0) is 19.1. The van der Waals surface area contributed by atoms with Gasteiger partial charge in [0.2, 0.25) is 5.91 Å². The molecule has 7 nitrogen and oxygen atoms in total. The third-order valence-electron chi connectivity index (χ3n) is 3.61. The van der Waals surface area contributed by atoms with Gasteiger partial charge in [0, 0.05) is 23.6 Å². The van der Waals surface area contributed by atoms with E-state index in [4.69, 9.17) is 21.1 Å². The van der Waals surface area contributed by atoms with E-state index in [9.17, 15) is 14.9 Å². The molecule has 0 spiro atoms. The second-order valence-corrected chi connectivity index (χ2v) is 5.99. The topological polar surface area (TPSA) is 90.7 Å². The summed E-state index contributed by atoms with van der Waals surface area (Å²) in [6.07, 6.45) is 0.698. The predicted octanol–water partition coefficient (Wildman–Crippen LogP) is 4.36. The fourth-order valence-electron chi connectivity index (χ4n) is 2.31. The van der Waals surface area contributed by atoms with Gasteiger partial charge in [-0.25, -0.2) is 0 Å². The summed E-state index contributed by atoms with van der Waals surface area (Å²) >= 11 is 5.89. The van der Waals surface area contributed by atoms with Crippen molar-refractivity contribution in [1.29, 1.82) is 0 Å². The number of methoxy groups -OCH3 is 1. The normalized spacial score (nSPS) is 10.3. The minimum Gasteiger partial charge on any atom is -0.495 e. The maximum atomic E-state index is 12.1. The highest BCUT2D eigenvalue weighted by Crippen LogP contribution is 2.29. The van der Waals surface area contributed by atoms with Gasteiger partial charge in [0.15, 0.2) is 0 Å². The van der Waals surface area contributed by atoms with Crippen molar-refractivity contribution in [3.63, 3.8) is 0 Å². The number of hydrogen-bond donors (Lipinski definition) is 1. The summed E-state index contributed by atoms with van der Waals surface area (Å²) in [5.41, 5.74) is 1.06. The molecule has 1 N–H and O–H groups in total. The van der Waals surface area contributed by atoms with E-state index in [1.54, 1.807) is 18.2 Å². The zero-order valence-corrected chi connectivity index (χ0v) is 15.2. The van der Waals surface area contributed by atoms with E-state index < -0.39 is 4.92 Å². The molecule has 0 saturated heterocycles. The molecule has 1 amide bonds. The van der Waals surface area contributed by atoms with Gasteiger partial charge in [0.25, 0.3) is 5.69 Å². The molecule has 0 aliphatic rings. The van der Waals surface area contributed by atoms with Crippen molar-refractivity contribution in [1.82, 2.24) is 0 Å². The molecule has 0 bridgehead atoms. The molecule has 0 aliphatic carbocycles. The van der Waals surface area contributed by atoms with Crippen molar-refractivity contribution in [2.75, 3.05) is 19.0 Å². The van der Waals surface area contributed by atoms with Crippen LogP contribution in [0.25, 0.3) is 0 Å². The Kier molecular flexibility index (Phi) is 6.80. The van der Waals surface area contributed by atoms with Crippen molar-refractivity contribution >= 4 is 28.9 Å². The monoisotopic (exact) mass is 378 g/mol. The van der Waals surface area contributed by atoms with Crippen LogP contribution in [0.15, 0.2) is 36.4 Å². The number of nitro groups is 1. The number of non-ortho nitro benzene ring substituents is 1. The third-order valence-corrected chi connectivity index (χ3v) is 3.85. The minimum atomic E-state index is -0.530. The maximum absolute atomic E-state index is 12.1. The lowest BCUT2D eigenvalue weighted by Gasteiger charge is -2.11. The van der Waals surface area contributed by atoms with Crippen LogP contribution in [-0.4, -0.2) is 24.5 Å². The SMILES string of the molecule is COc1ccc([N+](=O)[O-])cc1NC(=O)CCCOc1ccc(Cl)cc1C. The highest BCUT2D eigenvalue weighted by atomic mass is 35.5. The summed E-state index contributed by atoms with van der Waals surface area (Å²) in [7, 11) is 1.43. The molecule has 2 aromatic carbocycles. The molecule has 0 aromatic heterocycles. The summed E-state index contributed by atoms with van der Waals surface area (Å²) in [6.45, 7) is 2.25. The second-order valence-electron chi connectivity index (χ2n) is 5.55. The van der Waals surface area contributed by atoms with Crippen LogP contribution in [0, 0.1) is 17.0 Å². The van der Waals surface area contributed by atoms with Gasteiger partial charge in [-0.3, -0.25) is 14.9 Å². The van der Waals surface area contributed by atoms with Gasteiger partial charge in [-0.2, -0.15) is 0 Å². The zero-order valence-electron chi connectivity index (χ0n) is 14.5. The van der Waals surface area contributed by atoms with Crippen LogP contribution >= 0.6 is 11.6 Å². The van der Waals surface area contributed by atoms with Crippen molar-refractivity contribution in [3.05, 3.63) is 57.1 Å². The molecular weight excluding hydrogens is 360 g/mol. The number of aryl methyl sites for hydroxylation is 1. The fraction of sp³-hybridized carbons (Fsp3) is 0.278. The number of halogens is 1. The van der Waals surface area contributed by atoms with Gasteiger partial charge in [0.1, 0.15) is 11.5 Å². The number of nitrogens with zero attached hydrogens (tertiary/aromatic N) is 1. The molecule has 0 unspecified atom stereocenters. The molecule has 8 heteroatoms. The van der Waals surface area contributed by atoms with Gasteiger partial charge < -0.3 is 14.8 Å². The number of hydrogen-bond acceptors (Lipinski definition) is 5. The minimum absolute atomic E-state index is 0.123. The van der Waals surface area contributed by atoms with Crippen LogP contribution in [0.3, 0.4) is 0 Å². The standard InChI is InChI=1S/C18H19ClN2O5/c1-12-10-13(19)5-7-16(12)26-9-3-4-18(22)20-15-11-14(21(23)24)6-8-17(15)25-2/h5-8,10-11H,3-4,9H2,1-2H3,(H,20,22). The number of anilines is 1. The molecule has 0 heterocycles. The lowest BCUT2D eigenvalue weighted by molar-refractivity contribution is -0.384. The Hall–Kier alpha value is -2.80.